The van der Waals surface area contributed by atoms with Crippen molar-refractivity contribution in [3.8, 4) is 11.3 Å². The Bertz CT molecular complexity index is 767. The van der Waals surface area contributed by atoms with E-state index in [0.29, 0.717) is 11.3 Å². The van der Waals surface area contributed by atoms with Crippen LogP contribution in [0.15, 0.2) is 37.1 Å². The van der Waals surface area contributed by atoms with Gasteiger partial charge in [-0.1, -0.05) is 0 Å². The van der Waals surface area contributed by atoms with E-state index in [1.165, 1.54) is 6.21 Å². The van der Waals surface area contributed by atoms with E-state index in [4.69, 9.17) is 5.41 Å². The molecule has 3 aromatic heterocycles. The Labute approximate surface area is 114 Å². The van der Waals surface area contributed by atoms with Gasteiger partial charge >= 0.3 is 0 Å². The number of hydrogen-bond donors (Lipinski definition) is 3. The molecule has 3 heterocycles. The quantitative estimate of drug-likeness (QED) is 0.621. The van der Waals surface area contributed by atoms with Crippen molar-refractivity contribution in [3.05, 3.63) is 42.7 Å². The predicted octanol–water partition coefficient (Wildman–Crippen LogP) is 1.33. The van der Waals surface area contributed by atoms with Gasteiger partial charge in [0.15, 0.2) is 0 Å². The van der Waals surface area contributed by atoms with Gasteiger partial charge in [-0.15, -0.1) is 0 Å². The van der Waals surface area contributed by atoms with Crippen LogP contribution in [0.3, 0.4) is 0 Å². The van der Waals surface area contributed by atoms with Crippen LogP contribution in [0, 0.1) is 5.41 Å². The molecule has 100 valence electrons. The minimum absolute atomic E-state index is 0.668. The Hall–Kier alpha value is -2.96. The predicted molar refractivity (Wildman–Crippen MR) is 76.4 cm³/mol. The number of fused-ring (bicyclic) bond motifs is 1. The molecule has 0 saturated heterocycles. The second kappa shape index (κ2) is 4.96. The molecule has 0 spiro atoms. The van der Waals surface area contributed by atoms with Crippen LogP contribution in [-0.2, 0) is 0 Å². The summed E-state index contributed by atoms with van der Waals surface area (Å²) in [5, 5.41) is 21.4. The van der Waals surface area contributed by atoms with E-state index in [2.05, 4.69) is 25.6 Å². The zero-order valence-corrected chi connectivity index (χ0v) is 10.8. The van der Waals surface area contributed by atoms with Gasteiger partial charge in [-0.25, -0.2) is 9.50 Å². The lowest BCUT2D eigenvalue weighted by molar-refractivity contribution is 0.941. The molecule has 3 rings (SSSR count). The van der Waals surface area contributed by atoms with E-state index >= 15 is 0 Å². The Kier molecular flexibility index (Phi) is 3.00. The molecule has 0 amide bonds. The molecule has 3 aromatic rings. The summed E-state index contributed by atoms with van der Waals surface area (Å²) in [6.07, 6.45) is 10.00. The highest BCUT2D eigenvalue weighted by Crippen LogP contribution is 2.23. The molecule has 0 bridgehead atoms. The molecule has 7 nitrogen and oxygen atoms in total. The second-order valence-electron chi connectivity index (χ2n) is 4.16. The molecular formula is C13H13N7. The summed E-state index contributed by atoms with van der Waals surface area (Å²) < 4.78 is 1.75. The van der Waals surface area contributed by atoms with Crippen molar-refractivity contribution in [1.82, 2.24) is 30.1 Å². The average molecular weight is 267 g/mol. The molecule has 0 aliphatic rings. The van der Waals surface area contributed by atoms with Gasteiger partial charge in [0.05, 0.1) is 35.5 Å². The second-order valence-corrected chi connectivity index (χ2v) is 4.16. The third kappa shape index (κ3) is 1.95. The zero-order chi connectivity index (χ0) is 13.9. The lowest BCUT2D eigenvalue weighted by atomic mass is 10.2. The summed E-state index contributed by atoms with van der Waals surface area (Å²) in [5.41, 5.74) is 3.89. The molecule has 0 radical (unpaired) electrons. The molecule has 0 aliphatic heterocycles. The van der Waals surface area contributed by atoms with Gasteiger partial charge in [-0.05, 0) is 6.07 Å². The van der Waals surface area contributed by atoms with E-state index in [1.54, 1.807) is 42.6 Å². The molecule has 7 heteroatoms. The maximum Gasteiger partial charge on any atom is 0.0999 e. The number of allylic oxidation sites excluding steroid dienone is 1. The van der Waals surface area contributed by atoms with E-state index in [9.17, 15) is 0 Å². The van der Waals surface area contributed by atoms with Crippen molar-refractivity contribution >= 4 is 17.3 Å². The molecule has 0 aliphatic carbocycles. The molecule has 0 unspecified atom stereocenters. The van der Waals surface area contributed by atoms with Gasteiger partial charge in [0.1, 0.15) is 0 Å². The highest BCUT2D eigenvalue weighted by Gasteiger charge is 2.11. The lowest BCUT2D eigenvalue weighted by Gasteiger charge is -2.06. The minimum atomic E-state index is 0.668. The number of aromatic nitrogens is 5. The van der Waals surface area contributed by atoms with Crippen molar-refractivity contribution in [2.75, 3.05) is 7.05 Å². The summed E-state index contributed by atoms with van der Waals surface area (Å²) >= 11 is 0. The Balaban J connectivity index is 2.26. The molecular weight excluding hydrogens is 254 g/mol. The number of rotatable bonds is 4. The van der Waals surface area contributed by atoms with Crippen LogP contribution in [0.2, 0.25) is 0 Å². The lowest BCUT2D eigenvalue weighted by Crippen LogP contribution is -2.02. The number of nitrogens with zero attached hydrogens (tertiary/aromatic N) is 4. The Morgan fingerprint density at radius 3 is 3.10 bits per heavy atom. The summed E-state index contributed by atoms with van der Waals surface area (Å²) in [6.45, 7) is 0. The first kappa shape index (κ1) is 12.1. The topological polar surface area (TPSA) is 94.8 Å². The van der Waals surface area contributed by atoms with E-state index in [0.717, 1.165) is 16.8 Å². The SMILES string of the molecule is CN/C=C(\C=N)c1cn2nccc2c(-c2cn[nH]c2)n1. The number of nitrogens with one attached hydrogen (secondary N) is 3. The maximum atomic E-state index is 7.50. The van der Waals surface area contributed by atoms with Crippen LogP contribution in [0.5, 0.6) is 0 Å². The molecule has 3 N–H and O–H groups in total. The van der Waals surface area contributed by atoms with Gasteiger partial charge in [-0.3, -0.25) is 5.10 Å². The van der Waals surface area contributed by atoms with Crippen LogP contribution in [0.25, 0.3) is 22.3 Å². The third-order valence-electron chi connectivity index (χ3n) is 2.91. The first-order valence-corrected chi connectivity index (χ1v) is 6.05. The van der Waals surface area contributed by atoms with Gasteiger partial charge in [0, 0.05) is 36.8 Å². The van der Waals surface area contributed by atoms with Crippen molar-refractivity contribution in [2.24, 2.45) is 0 Å². The first-order chi connectivity index (χ1) is 9.83. The summed E-state index contributed by atoms with van der Waals surface area (Å²) in [4.78, 5) is 4.62. The monoisotopic (exact) mass is 267 g/mol. The molecule has 0 atom stereocenters. The van der Waals surface area contributed by atoms with Crippen LogP contribution < -0.4 is 5.32 Å². The fourth-order valence-electron chi connectivity index (χ4n) is 2.00. The number of hydrogen-bond acceptors (Lipinski definition) is 5. The van der Waals surface area contributed by atoms with Crippen LogP contribution >= 0.6 is 0 Å². The number of aromatic amines is 1. The Morgan fingerprint density at radius 2 is 2.40 bits per heavy atom. The molecule has 0 saturated carbocycles. The van der Waals surface area contributed by atoms with E-state index in [-0.39, 0.29) is 0 Å². The largest absolute Gasteiger partial charge is 0.393 e. The molecule has 20 heavy (non-hydrogen) atoms. The van der Waals surface area contributed by atoms with Crippen molar-refractivity contribution in [2.45, 2.75) is 0 Å². The first-order valence-electron chi connectivity index (χ1n) is 6.05. The summed E-state index contributed by atoms with van der Waals surface area (Å²) in [5.74, 6) is 0. The average Bonchev–Trinajstić information content (AvgIpc) is 3.14. The fourth-order valence-corrected chi connectivity index (χ4v) is 2.00. The van der Waals surface area contributed by atoms with Gasteiger partial charge in [0.25, 0.3) is 0 Å². The standard InChI is InChI=1S/C13H13N7/c1-15-5-9(4-14)11-8-20-12(2-3-18-20)13(19-11)10-6-16-17-7-10/h2-8,14-15H,1H3,(H,16,17)/b9-5+,14-4?. The normalized spacial score (nSPS) is 11.8. The third-order valence-corrected chi connectivity index (χ3v) is 2.91. The van der Waals surface area contributed by atoms with E-state index < -0.39 is 0 Å². The summed E-state index contributed by atoms with van der Waals surface area (Å²) in [6, 6.07) is 1.89. The van der Waals surface area contributed by atoms with Crippen LogP contribution in [0.4, 0.5) is 0 Å². The van der Waals surface area contributed by atoms with Crippen LogP contribution in [-0.4, -0.2) is 38.1 Å². The van der Waals surface area contributed by atoms with E-state index in [1.807, 2.05) is 6.07 Å². The van der Waals surface area contributed by atoms with Crippen molar-refractivity contribution < 1.29 is 0 Å². The Morgan fingerprint density at radius 1 is 1.50 bits per heavy atom. The van der Waals surface area contributed by atoms with Crippen LogP contribution in [0.1, 0.15) is 5.69 Å². The summed E-state index contributed by atoms with van der Waals surface area (Å²) in [7, 11) is 1.78. The molecule has 0 aromatic carbocycles. The zero-order valence-electron chi connectivity index (χ0n) is 10.8. The highest BCUT2D eigenvalue weighted by atomic mass is 15.2. The fraction of sp³-hybridized carbons (Fsp3) is 0.0769. The van der Waals surface area contributed by atoms with Crippen molar-refractivity contribution in [1.29, 1.82) is 5.41 Å². The van der Waals surface area contributed by atoms with Gasteiger partial charge in [-0.2, -0.15) is 10.2 Å². The maximum absolute atomic E-state index is 7.50. The highest BCUT2D eigenvalue weighted by molar-refractivity contribution is 6.07. The van der Waals surface area contributed by atoms with Gasteiger partial charge < -0.3 is 10.7 Å². The van der Waals surface area contributed by atoms with Gasteiger partial charge in [0.2, 0.25) is 0 Å². The smallest absolute Gasteiger partial charge is 0.0999 e. The van der Waals surface area contributed by atoms with Crippen molar-refractivity contribution in [3.63, 3.8) is 0 Å². The number of H-pyrrole nitrogens is 1. The minimum Gasteiger partial charge on any atom is -0.393 e. The molecule has 0 fully saturated rings.